The van der Waals surface area contributed by atoms with Crippen LogP contribution in [0.5, 0.6) is 5.75 Å². The predicted octanol–water partition coefficient (Wildman–Crippen LogP) is 1.72. The van der Waals surface area contributed by atoms with Crippen LogP contribution in [0.25, 0.3) is 0 Å². The van der Waals surface area contributed by atoms with Crippen LogP contribution >= 0.6 is 0 Å². The van der Waals surface area contributed by atoms with Gasteiger partial charge in [-0.25, -0.2) is 0 Å². The fourth-order valence-electron chi connectivity index (χ4n) is 1.83. The summed E-state index contributed by atoms with van der Waals surface area (Å²) < 4.78 is 5.10. The normalized spacial score (nSPS) is 10.6. The number of nitro benzene ring substituents is 1. The highest BCUT2D eigenvalue weighted by Gasteiger charge is 2.10. The van der Waals surface area contributed by atoms with Gasteiger partial charge >= 0.3 is 0 Å². The van der Waals surface area contributed by atoms with Crippen molar-refractivity contribution in [2.45, 2.75) is 0 Å². The Morgan fingerprint density at radius 2 is 2.00 bits per heavy atom. The third-order valence-electron chi connectivity index (χ3n) is 2.89. The number of carbonyl (C=O) groups is 1. The van der Waals surface area contributed by atoms with Crippen molar-refractivity contribution in [2.75, 3.05) is 7.11 Å². The summed E-state index contributed by atoms with van der Waals surface area (Å²) in [7, 11) is 1.42. The van der Waals surface area contributed by atoms with Crippen molar-refractivity contribution in [3.63, 3.8) is 0 Å². The molecule has 7 nitrogen and oxygen atoms in total. The number of hydrogen-bond acceptors (Lipinski definition) is 6. The Bertz CT molecular complexity index is 755. The maximum absolute atomic E-state index is 11.0. The summed E-state index contributed by atoms with van der Waals surface area (Å²) in [5, 5.41) is 21.8. The lowest BCUT2D eigenvalue weighted by Gasteiger charge is -2.06. The Morgan fingerprint density at radius 1 is 1.27 bits per heavy atom. The SMILES string of the molecule is COc1ccc([N+](=O)[O-])cc1C=Nc1ccccc1C(=O)[O-]. The first-order chi connectivity index (χ1) is 10.5. The monoisotopic (exact) mass is 299 g/mol. The predicted molar refractivity (Wildman–Crippen MR) is 77.7 cm³/mol. The fourth-order valence-corrected chi connectivity index (χ4v) is 1.83. The van der Waals surface area contributed by atoms with Crippen LogP contribution in [-0.4, -0.2) is 24.2 Å². The molecule has 0 unspecified atom stereocenters. The van der Waals surface area contributed by atoms with E-state index in [1.165, 1.54) is 43.7 Å². The summed E-state index contributed by atoms with van der Waals surface area (Å²) in [5.41, 5.74) is 0.375. The number of aromatic carboxylic acids is 1. The van der Waals surface area contributed by atoms with Crippen LogP contribution in [0, 0.1) is 10.1 Å². The molecular weight excluding hydrogens is 288 g/mol. The molecule has 0 aliphatic heterocycles. The second-order valence-electron chi connectivity index (χ2n) is 4.25. The Balaban J connectivity index is 2.44. The third-order valence-corrected chi connectivity index (χ3v) is 2.89. The van der Waals surface area contributed by atoms with Gasteiger partial charge in [0, 0.05) is 29.5 Å². The summed E-state index contributed by atoms with van der Waals surface area (Å²) in [4.78, 5) is 25.3. The van der Waals surface area contributed by atoms with Crippen molar-refractivity contribution < 1.29 is 19.6 Å². The van der Waals surface area contributed by atoms with Crippen LogP contribution in [0.3, 0.4) is 0 Å². The average molecular weight is 299 g/mol. The molecule has 2 aromatic rings. The molecule has 0 radical (unpaired) electrons. The first-order valence-electron chi connectivity index (χ1n) is 6.20. The van der Waals surface area contributed by atoms with E-state index in [0.717, 1.165) is 0 Å². The largest absolute Gasteiger partial charge is 0.545 e. The molecule has 0 heterocycles. The molecular formula is C15H11N2O5-. The van der Waals surface area contributed by atoms with E-state index in [1.807, 2.05) is 0 Å². The summed E-state index contributed by atoms with van der Waals surface area (Å²) in [6.07, 6.45) is 1.31. The number of carboxylic acid groups (broad SMARTS) is 1. The highest BCUT2D eigenvalue weighted by Crippen LogP contribution is 2.24. The van der Waals surface area contributed by atoms with Crippen molar-refractivity contribution in [1.82, 2.24) is 0 Å². The summed E-state index contributed by atoms with van der Waals surface area (Å²) >= 11 is 0. The van der Waals surface area contributed by atoms with Crippen LogP contribution in [-0.2, 0) is 0 Å². The van der Waals surface area contributed by atoms with Gasteiger partial charge in [0.1, 0.15) is 5.75 Å². The molecule has 0 saturated carbocycles. The minimum Gasteiger partial charge on any atom is -0.545 e. The van der Waals surface area contributed by atoms with E-state index in [-0.39, 0.29) is 16.9 Å². The molecule has 0 amide bonds. The molecule has 0 saturated heterocycles. The van der Waals surface area contributed by atoms with Gasteiger partial charge in [-0.3, -0.25) is 15.1 Å². The molecule has 0 atom stereocenters. The van der Waals surface area contributed by atoms with Gasteiger partial charge in [0.25, 0.3) is 5.69 Å². The van der Waals surface area contributed by atoms with Crippen molar-refractivity contribution in [2.24, 2.45) is 4.99 Å². The van der Waals surface area contributed by atoms with Gasteiger partial charge in [-0.05, 0) is 12.1 Å². The van der Waals surface area contributed by atoms with Gasteiger partial charge < -0.3 is 14.6 Å². The van der Waals surface area contributed by atoms with E-state index in [0.29, 0.717) is 11.3 Å². The third kappa shape index (κ3) is 3.26. The number of rotatable bonds is 5. The Hall–Kier alpha value is -3.22. The van der Waals surface area contributed by atoms with Crippen molar-refractivity contribution in [3.8, 4) is 5.75 Å². The second kappa shape index (κ2) is 6.49. The lowest BCUT2D eigenvalue weighted by molar-refractivity contribution is -0.384. The van der Waals surface area contributed by atoms with Crippen molar-refractivity contribution in [3.05, 3.63) is 63.7 Å². The van der Waals surface area contributed by atoms with Gasteiger partial charge in [0.05, 0.1) is 23.7 Å². The number of nitro groups is 1. The first-order valence-corrected chi connectivity index (χ1v) is 6.20. The number of methoxy groups -OCH3 is 1. The van der Waals surface area contributed by atoms with E-state index in [9.17, 15) is 20.0 Å². The van der Waals surface area contributed by atoms with E-state index >= 15 is 0 Å². The Labute approximate surface area is 125 Å². The number of benzene rings is 2. The van der Waals surface area contributed by atoms with Gasteiger partial charge in [-0.1, -0.05) is 18.2 Å². The lowest BCUT2D eigenvalue weighted by atomic mass is 10.1. The molecule has 0 aromatic heterocycles. The number of para-hydroxylation sites is 1. The summed E-state index contributed by atoms with van der Waals surface area (Å²) in [5.74, 6) is -0.959. The van der Waals surface area contributed by atoms with E-state index in [4.69, 9.17) is 4.74 Å². The molecule has 0 bridgehead atoms. The molecule has 0 aliphatic rings. The highest BCUT2D eigenvalue weighted by atomic mass is 16.6. The van der Waals surface area contributed by atoms with Gasteiger partial charge in [0.15, 0.2) is 0 Å². The zero-order valence-electron chi connectivity index (χ0n) is 11.6. The van der Waals surface area contributed by atoms with Crippen LogP contribution in [0.1, 0.15) is 15.9 Å². The van der Waals surface area contributed by atoms with Gasteiger partial charge in [-0.2, -0.15) is 0 Å². The number of nitrogens with zero attached hydrogens (tertiary/aromatic N) is 2. The molecule has 0 N–H and O–H groups in total. The van der Waals surface area contributed by atoms with Gasteiger partial charge in [0.2, 0.25) is 0 Å². The first kappa shape index (κ1) is 15.2. The highest BCUT2D eigenvalue weighted by molar-refractivity contribution is 5.94. The van der Waals surface area contributed by atoms with Gasteiger partial charge in [-0.15, -0.1) is 0 Å². The molecule has 2 rings (SSSR count). The number of carboxylic acids is 1. The fraction of sp³-hybridized carbons (Fsp3) is 0.0667. The average Bonchev–Trinajstić information content (AvgIpc) is 2.52. The van der Waals surface area contributed by atoms with E-state index < -0.39 is 10.9 Å². The topological polar surface area (TPSA) is 105 Å². The Kier molecular flexibility index (Phi) is 4.47. The molecule has 0 aliphatic carbocycles. The molecule has 2 aromatic carbocycles. The number of non-ortho nitro benzene ring substituents is 1. The zero-order valence-corrected chi connectivity index (χ0v) is 11.6. The minimum atomic E-state index is -1.35. The molecule has 7 heteroatoms. The van der Waals surface area contributed by atoms with E-state index in [1.54, 1.807) is 12.1 Å². The second-order valence-corrected chi connectivity index (χ2v) is 4.25. The number of hydrogen-bond donors (Lipinski definition) is 0. The van der Waals surface area contributed by atoms with Crippen LogP contribution < -0.4 is 9.84 Å². The lowest BCUT2D eigenvalue weighted by Crippen LogP contribution is -2.22. The maximum atomic E-state index is 11.0. The number of carbonyl (C=O) groups excluding carboxylic acids is 1. The van der Waals surface area contributed by atoms with Crippen LogP contribution in [0.2, 0.25) is 0 Å². The van der Waals surface area contributed by atoms with E-state index in [2.05, 4.69) is 4.99 Å². The Morgan fingerprint density at radius 3 is 2.64 bits per heavy atom. The minimum absolute atomic E-state index is 0.0665. The smallest absolute Gasteiger partial charge is 0.270 e. The molecule has 0 fully saturated rings. The van der Waals surface area contributed by atoms with Crippen LogP contribution in [0.4, 0.5) is 11.4 Å². The maximum Gasteiger partial charge on any atom is 0.270 e. The number of ether oxygens (including phenoxy) is 1. The van der Waals surface area contributed by atoms with Crippen LogP contribution in [0.15, 0.2) is 47.5 Å². The molecule has 0 spiro atoms. The molecule has 112 valence electrons. The van der Waals surface area contributed by atoms with Crippen molar-refractivity contribution >= 4 is 23.6 Å². The summed E-state index contributed by atoms with van der Waals surface area (Å²) in [6, 6.07) is 10.1. The summed E-state index contributed by atoms with van der Waals surface area (Å²) in [6.45, 7) is 0. The number of aliphatic imine (C=N–C) groups is 1. The molecule has 22 heavy (non-hydrogen) atoms. The standard InChI is InChI=1S/C15H12N2O5/c1-22-14-7-6-11(17(20)21)8-10(14)9-16-13-5-3-2-4-12(13)15(18)19/h2-9H,1H3,(H,18,19)/p-1. The van der Waals surface area contributed by atoms with Crippen molar-refractivity contribution in [1.29, 1.82) is 0 Å². The zero-order chi connectivity index (χ0) is 16.1. The quantitative estimate of drug-likeness (QED) is 0.475.